The van der Waals surface area contributed by atoms with E-state index in [2.05, 4.69) is 4.98 Å². The van der Waals surface area contributed by atoms with E-state index in [9.17, 15) is 9.59 Å². The molecular weight excluding hydrogens is 232 g/mol. The molecule has 1 saturated carbocycles. The molecule has 2 rings (SSSR count). The number of carbonyl (C=O) groups excluding carboxylic acids is 1. The maximum Gasteiger partial charge on any atom is 0.305 e. The first kappa shape index (κ1) is 12.5. The second-order valence-electron chi connectivity index (χ2n) is 4.51. The van der Waals surface area contributed by atoms with Gasteiger partial charge in [-0.2, -0.15) is 0 Å². The van der Waals surface area contributed by atoms with Crippen LogP contribution < -0.4 is 0 Å². The van der Waals surface area contributed by atoms with Crippen LogP contribution >= 0.6 is 0 Å². The van der Waals surface area contributed by atoms with E-state index in [-0.39, 0.29) is 24.9 Å². The lowest BCUT2D eigenvalue weighted by atomic mass is 10.1. The number of carbonyl (C=O) groups is 2. The van der Waals surface area contributed by atoms with Crippen molar-refractivity contribution in [2.24, 2.45) is 0 Å². The van der Waals surface area contributed by atoms with E-state index >= 15 is 0 Å². The lowest BCUT2D eigenvalue weighted by Crippen LogP contribution is -2.35. The molecule has 0 spiro atoms. The number of hydrogen-bond acceptors (Lipinski definition) is 3. The average molecular weight is 248 g/mol. The fraction of sp³-hybridized carbons (Fsp3) is 0.462. The summed E-state index contributed by atoms with van der Waals surface area (Å²) in [5.74, 6) is -0.985. The van der Waals surface area contributed by atoms with E-state index in [1.807, 2.05) is 0 Å². The summed E-state index contributed by atoms with van der Waals surface area (Å²) in [4.78, 5) is 28.7. The number of aliphatic carboxylic acids is 1. The number of carboxylic acids is 1. The fourth-order valence-electron chi connectivity index (χ4n) is 1.92. The molecule has 1 heterocycles. The smallest absolute Gasteiger partial charge is 0.305 e. The molecule has 5 nitrogen and oxygen atoms in total. The van der Waals surface area contributed by atoms with Crippen LogP contribution in [0, 0.1) is 6.92 Å². The van der Waals surface area contributed by atoms with Crippen molar-refractivity contribution < 1.29 is 14.7 Å². The van der Waals surface area contributed by atoms with Gasteiger partial charge < -0.3 is 10.0 Å². The predicted molar refractivity (Wildman–Crippen MR) is 65.3 cm³/mol. The molecule has 0 bridgehead atoms. The van der Waals surface area contributed by atoms with Crippen LogP contribution in [-0.2, 0) is 4.79 Å². The van der Waals surface area contributed by atoms with Gasteiger partial charge in [-0.1, -0.05) is 0 Å². The van der Waals surface area contributed by atoms with E-state index in [4.69, 9.17) is 5.11 Å². The zero-order valence-electron chi connectivity index (χ0n) is 10.3. The first-order chi connectivity index (χ1) is 8.59. The van der Waals surface area contributed by atoms with E-state index in [0.29, 0.717) is 11.3 Å². The number of nitrogens with zero attached hydrogens (tertiary/aromatic N) is 2. The molecule has 5 heteroatoms. The topological polar surface area (TPSA) is 70.5 Å². The quantitative estimate of drug-likeness (QED) is 0.856. The first-order valence-electron chi connectivity index (χ1n) is 6.04. The molecule has 1 aliphatic carbocycles. The van der Waals surface area contributed by atoms with Crippen LogP contribution in [0.15, 0.2) is 18.3 Å². The van der Waals surface area contributed by atoms with Crippen LogP contribution in [-0.4, -0.2) is 39.5 Å². The summed E-state index contributed by atoms with van der Waals surface area (Å²) < 4.78 is 0. The van der Waals surface area contributed by atoms with E-state index in [1.54, 1.807) is 30.2 Å². The highest BCUT2D eigenvalue weighted by Gasteiger charge is 2.33. The minimum Gasteiger partial charge on any atom is -0.481 e. The Bertz CT molecular complexity index is 469. The molecule has 1 aliphatic rings. The van der Waals surface area contributed by atoms with Crippen molar-refractivity contribution in [2.45, 2.75) is 32.2 Å². The lowest BCUT2D eigenvalue weighted by molar-refractivity contribution is -0.137. The summed E-state index contributed by atoms with van der Waals surface area (Å²) in [7, 11) is 0. The van der Waals surface area contributed by atoms with E-state index in [1.165, 1.54) is 0 Å². The van der Waals surface area contributed by atoms with Crippen LogP contribution in [0.25, 0.3) is 0 Å². The molecule has 1 aromatic heterocycles. The highest BCUT2D eigenvalue weighted by Crippen LogP contribution is 2.28. The predicted octanol–water partition coefficient (Wildman–Crippen LogP) is 1.47. The monoisotopic (exact) mass is 248 g/mol. The third kappa shape index (κ3) is 2.85. The van der Waals surface area contributed by atoms with Crippen LogP contribution in [0.4, 0.5) is 0 Å². The van der Waals surface area contributed by atoms with Gasteiger partial charge in [0.15, 0.2) is 0 Å². The molecule has 0 unspecified atom stereocenters. The molecule has 18 heavy (non-hydrogen) atoms. The third-order valence-corrected chi connectivity index (χ3v) is 3.05. The van der Waals surface area contributed by atoms with Gasteiger partial charge in [-0.05, 0) is 31.9 Å². The van der Waals surface area contributed by atoms with Gasteiger partial charge in [0.05, 0.1) is 12.0 Å². The molecule has 1 amide bonds. The second-order valence-corrected chi connectivity index (χ2v) is 4.51. The minimum atomic E-state index is -0.878. The molecule has 0 saturated heterocycles. The molecule has 0 radical (unpaired) electrons. The van der Waals surface area contributed by atoms with Crippen molar-refractivity contribution in [3.8, 4) is 0 Å². The van der Waals surface area contributed by atoms with Crippen molar-refractivity contribution >= 4 is 11.9 Å². The SMILES string of the molecule is Cc1ncccc1C(=O)N(CCC(=O)O)C1CC1. The summed E-state index contributed by atoms with van der Waals surface area (Å²) in [6.07, 6.45) is 3.56. The Kier molecular flexibility index (Phi) is 3.60. The Labute approximate surface area is 105 Å². The summed E-state index contributed by atoms with van der Waals surface area (Å²) in [6, 6.07) is 3.67. The van der Waals surface area contributed by atoms with Crippen LogP contribution in [0.5, 0.6) is 0 Å². The van der Waals surface area contributed by atoms with Crippen LogP contribution in [0.2, 0.25) is 0 Å². The normalized spacial score (nSPS) is 14.3. The summed E-state index contributed by atoms with van der Waals surface area (Å²) in [5, 5.41) is 8.72. The zero-order valence-corrected chi connectivity index (χ0v) is 10.3. The van der Waals surface area contributed by atoms with Crippen molar-refractivity contribution in [3.05, 3.63) is 29.6 Å². The molecule has 1 aromatic rings. The average Bonchev–Trinajstić information content (AvgIpc) is 3.13. The number of carboxylic acid groups (broad SMARTS) is 1. The lowest BCUT2D eigenvalue weighted by Gasteiger charge is -2.22. The maximum atomic E-state index is 12.4. The standard InChI is InChI=1S/C13H16N2O3/c1-9-11(3-2-7-14-9)13(18)15(10-4-5-10)8-6-12(16)17/h2-3,7,10H,4-6,8H2,1H3,(H,16,17). The van der Waals surface area contributed by atoms with E-state index in [0.717, 1.165) is 12.8 Å². The third-order valence-electron chi connectivity index (χ3n) is 3.05. The van der Waals surface area contributed by atoms with Gasteiger partial charge in [0.25, 0.3) is 5.91 Å². The fourth-order valence-corrected chi connectivity index (χ4v) is 1.92. The Morgan fingerprint density at radius 2 is 2.22 bits per heavy atom. The summed E-state index contributed by atoms with van der Waals surface area (Å²) in [5.41, 5.74) is 1.25. The highest BCUT2D eigenvalue weighted by molar-refractivity contribution is 5.95. The number of rotatable bonds is 5. The second kappa shape index (κ2) is 5.16. The van der Waals surface area contributed by atoms with Crippen LogP contribution in [0.1, 0.15) is 35.3 Å². The summed E-state index contributed by atoms with van der Waals surface area (Å²) in [6.45, 7) is 2.06. The van der Waals surface area contributed by atoms with Gasteiger partial charge in [-0.15, -0.1) is 0 Å². The zero-order chi connectivity index (χ0) is 13.1. The first-order valence-corrected chi connectivity index (χ1v) is 6.04. The van der Waals surface area contributed by atoms with Gasteiger partial charge >= 0.3 is 5.97 Å². The Morgan fingerprint density at radius 1 is 1.50 bits per heavy atom. The van der Waals surface area contributed by atoms with Crippen molar-refractivity contribution in [3.63, 3.8) is 0 Å². The van der Waals surface area contributed by atoms with Crippen LogP contribution in [0.3, 0.4) is 0 Å². The molecule has 0 atom stereocenters. The molecule has 1 fully saturated rings. The van der Waals surface area contributed by atoms with Gasteiger partial charge in [0.2, 0.25) is 0 Å². The highest BCUT2D eigenvalue weighted by atomic mass is 16.4. The van der Waals surface area contributed by atoms with Gasteiger partial charge in [-0.25, -0.2) is 0 Å². The molecule has 0 aliphatic heterocycles. The number of amides is 1. The largest absolute Gasteiger partial charge is 0.481 e. The summed E-state index contributed by atoms with van der Waals surface area (Å²) >= 11 is 0. The number of hydrogen-bond donors (Lipinski definition) is 1. The number of aryl methyl sites for hydroxylation is 1. The van der Waals surface area contributed by atoms with Crippen molar-refractivity contribution in [2.75, 3.05) is 6.54 Å². The molecule has 1 N–H and O–H groups in total. The molecular formula is C13H16N2O3. The molecule has 96 valence electrons. The van der Waals surface area contributed by atoms with Gasteiger partial charge in [-0.3, -0.25) is 14.6 Å². The number of pyridine rings is 1. The van der Waals surface area contributed by atoms with Crippen molar-refractivity contribution in [1.29, 1.82) is 0 Å². The van der Waals surface area contributed by atoms with Gasteiger partial charge in [0.1, 0.15) is 0 Å². The van der Waals surface area contributed by atoms with Gasteiger partial charge in [0, 0.05) is 24.5 Å². The molecule has 0 aromatic carbocycles. The van der Waals surface area contributed by atoms with Crippen molar-refractivity contribution in [1.82, 2.24) is 9.88 Å². The Hall–Kier alpha value is -1.91. The maximum absolute atomic E-state index is 12.4. The minimum absolute atomic E-state index is 0.0124. The Balaban J connectivity index is 2.13. The van der Waals surface area contributed by atoms with E-state index < -0.39 is 5.97 Å². The number of aromatic nitrogens is 1. The Morgan fingerprint density at radius 3 is 2.78 bits per heavy atom.